The Morgan fingerprint density at radius 1 is 1.64 bits per heavy atom. The van der Waals surface area contributed by atoms with Gasteiger partial charge in [0.15, 0.2) is 0 Å². The summed E-state index contributed by atoms with van der Waals surface area (Å²) < 4.78 is 0. The van der Waals surface area contributed by atoms with Crippen LogP contribution in [-0.2, 0) is 4.79 Å². The van der Waals surface area contributed by atoms with Gasteiger partial charge < -0.3 is 10.6 Å². The Morgan fingerprint density at radius 2 is 2.36 bits per heavy atom. The van der Waals surface area contributed by atoms with E-state index in [1.807, 2.05) is 0 Å². The molecule has 1 aliphatic heterocycles. The molecule has 2 N–H and O–H groups in total. The van der Waals surface area contributed by atoms with Crippen LogP contribution in [0.3, 0.4) is 0 Å². The molecule has 0 aromatic heterocycles. The van der Waals surface area contributed by atoms with Crippen molar-refractivity contribution in [3.8, 4) is 0 Å². The van der Waals surface area contributed by atoms with Crippen molar-refractivity contribution < 1.29 is 4.79 Å². The van der Waals surface area contributed by atoms with Crippen molar-refractivity contribution in [2.75, 3.05) is 13.1 Å². The van der Waals surface area contributed by atoms with Gasteiger partial charge in [0, 0.05) is 12.6 Å². The molecule has 2 atom stereocenters. The molecule has 14 heavy (non-hydrogen) atoms. The van der Waals surface area contributed by atoms with Gasteiger partial charge in [-0.1, -0.05) is 6.92 Å². The monoisotopic (exact) mass is 198 g/mol. The molecule has 0 aromatic carbocycles. The van der Waals surface area contributed by atoms with Crippen molar-refractivity contribution >= 4 is 5.91 Å². The molecule has 1 rings (SSSR count). The number of nitrogens with one attached hydrogen (secondary N) is 2. The molecule has 3 nitrogen and oxygen atoms in total. The molecule has 0 bridgehead atoms. The predicted octanol–water partition coefficient (Wildman–Crippen LogP) is 1.29. The maximum atomic E-state index is 11.9. The van der Waals surface area contributed by atoms with Crippen LogP contribution in [0.15, 0.2) is 0 Å². The van der Waals surface area contributed by atoms with Gasteiger partial charge in [0.2, 0.25) is 5.91 Å². The predicted molar refractivity (Wildman–Crippen MR) is 58.1 cm³/mol. The fourth-order valence-electron chi connectivity index (χ4n) is 1.75. The second kappa shape index (κ2) is 4.78. The first kappa shape index (κ1) is 11.5. The number of carbonyl (C=O) groups excluding carboxylic acids is 1. The minimum Gasteiger partial charge on any atom is -0.353 e. The van der Waals surface area contributed by atoms with E-state index in [0.717, 1.165) is 32.4 Å². The molecular weight excluding hydrogens is 176 g/mol. The summed E-state index contributed by atoms with van der Waals surface area (Å²) in [7, 11) is 0. The zero-order valence-corrected chi connectivity index (χ0v) is 9.52. The van der Waals surface area contributed by atoms with Crippen LogP contribution >= 0.6 is 0 Å². The van der Waals surface area contributed by atoms with Crippen LogP contribution in [0.25, 0.3) is 0 Å². The van der Waals surface area contributed by atoms with Crippen LogP contribution in [0.5, 0.6) is 0 Å². The van der Waals surface area contributed by atoms with Gasteiger partial charge in [0.25, 0.3) is 0 Å². The molecule has 3 heteroatoms. The van der Waals surface area contributed by atoms with E-state index >= 15 is 0 Å². The summed E-state index contributed by atoms with van der Waals surface area (Å²) in [4.78, 5) is 11.9. The quantitative estimate of drug-likeness (QED) is 0.717. The highest BCUT2D eigenvalue weighted by atomic mass is 16.2. The van der Waals surface area contributed by atoms with E-state index in [0.29, 0.717) is 6.04 Å². The molecule has 2 unspecified atom stereocenters. The number of hydrogen-bond acceptors (Lipinski definition) is 2. The highest BCUT2D eigenvalue weighted by Crippen LogP contribution is 2.25. The minimum atomic E-state index is -0.193. The van der Waals surface area contributed by atoms with Crippen LogP contribution in [-0.4, -0.2) is 25.0 Å². The molecule has 0 spiro atoms. The third-order valence-corrected chi connectivity index (χ3v) is 3.14. The number of piperidine rings is 1. The second-order valence-electron chi connectivity index (χ2n) is 4.62. The van der Waals surface area contributed by atoms with Gasteiger partial charge in [-0.15, -0.1) is 0 Å². The normalized spacial score (nSPS) is 29.6. The van der Waals surface area contributed by atoms with E-state index in [4.69, 9.17) is 0 Å². The molecule has 1 aliphatic rings. The molecular formula is C11H22N2O. The van der Waals surface area contributed by atoms with Crippen LogP contribution in [0.4, 0.5) is 0 Å². The molecule has 82 valence electrons. The topological polar surface area (TPSA) is 41.1 Å². The zero-order valence-electron chi connectivity index (χ0n) is 9.52. The van der Waals surface area contributed by atoms with Crippen LogP contribution in [0.2, 0.25) is 0 Å². The standard InChI is InChI=1S/C11H22N2O/c1-4-9(2)13-10(14)11(3)6-5-7-12-8-11/h9,12H,4-8H2,1-3H3,(H,13,14). The van der Waals surface area contributed by atoms with Gasteiger partial charge in [0.1, 0.15) is 0 Å². The first-order valence-corrected chi connectivity index (χ1v) is 5.60. The first-order valence-electron chi connectivity index (χ1n) is 5.60. The largest absolute Gasteiger partial charge is 0.353 e. The lowest BCUT2D eigenvalue weighted by Crippen LogP contribution is -2.50. The number of rotatable bonds is 3. The third-order valence-electron chi connectivity index (χ3n) is 3.14. The van der Waals surface area contributed by atoms with Crippen molar-refractivity contribution in [3.05, 3.63) is 0 Å². The van der Waals surface area contributed by atoms with E-state index in [9.17, 15) is 4.79 Å². The van der Waals surface area contributed by atoms with E-state index in [2.05, 4.69) is 31.4 Å². The molecule has 0 radical (unpaired) electrons. The van der Waals surface area contributed by atoms with Crippen molar-refractivity contribution in [3.63, 3.8) is 0 Å². The third kappa shape index (κ3) is 2.71. The highest BCUT2D eigenvalue weighted by molar-refractivity contribution is 5.82. The van der Waals surface area contributed by atoms with Gasteiger partial charge in [-0.05, 0) is 39.7 Å². The summed E-state index contributed by atoms with van der Waals surface area (Å²) >= 11 is 0. The lowest BCUT2D eigenvalue weighted by Gasteiger charge is -2.33. The number of carbonyl (C=O) groups is 1. The highest BCUT2D eigenvalue weighted by Gasteiger charge is 2.34. The van der Waals surface area contributed by atoms with Crippen molar-refractivity contribution in [2.24, 2.45) is 5.41 Å². The van der Waals surface area contributed by atoms with E-state index in [1.54, 1.807) is 0 Å². The Kier molecular flexibility index (Phi) is 3.93. The summed E-state index contributed by atoms with van der Waals surface area (Å²) in [6, 6.07) is 0.293. The van der Waals surface area contributed by atoms with Crippen LogP contribution < -0.4 is 10.6 Å². The van der Waals surface area contributed by atoms with Crippen LogP contribution in [0.1, 0.15) is 40.0 Å². The van der Waals surface area contributed by atoms with Crippen LogP contribution in [0, 0.1) is 5.41 Å². The summed E-state index contributed by atoms with van der Waals surface area (Å²) in [5.74, 6) is 0.207. The molecule has 0 saturated carbocycles. The van der Waals surface area contributed by atoms with E-state index in [-0.39, 0.29) is 11.3 Å². The molecule has 0 aromatic rings. The lowest BCUT2D eigenvalue weighted by atomic mass is 9.81. The smallest absolute Gasteiger partial charge is 0.227 e. The summed E-state index contributed by atoms with van der Waals surface area (Å²) in [5, 5.41) is 6.35. The summed E-state index contributed by atoms with van der Waals surface area (Å²) in [5.41, 5.74) is -0.193. The van der Waals surface area contributed by atoms with Crippen molar-refractivity contribution in [2.45, 2.75) is 46.1 Å². The van der Waals surface area contributed by atoms with Crippen molar-refractivity contribution in [1.82, 2.24) is 10.6 Å². The average Bonchev–Trinajstić information content (AvgIpc) is 2.18. The average molecular weight is 198 g/mol. The molecule has 1 amide bonds. The zero-order chi connectivity index (χ0) is 10.6. The molecule has 0 aliphatic carbocycles. The maximum Gasteiger partial charge on any atom is 0.227 e. The SMILES string of the molecule is CCC(C)NC(=O)C1(C)CCCNC1. The fourth-order valence-corrected chi connectivity index (χ4v) is 1.75. The Labute approximate surface area is 86.6 Å². The van der Waals surface area contributed by atoms with Gasteiger partial charge in [-0.3, -0.25) is 4.79 Å². The maximum absolute atomic E-state index is 11.9. The molecule has 1 fully saturated rings. The number of amides is 1. The fraction of sp³-hybridized carbons (Fsp3) is 0.909. The Bertz CT molecular complexity index is 197. The van der Waals surface area contributed by atoms with Gasteiger partial charge >= 0.3 is 0 Å². The molecule has 1 saturated heterocycles. The van der Waals surface area contributed by atoms with E-state index < -0.39 is 0 Å². The van der Waals surface area contributed by atoms with Gasteiger partial charge in [-0.2, -0.15) is 0 Å². The first-order chi connectivity index (χ1) is 6.58. The Morgan fingerprint density at radius 3 is 2.86 bits per heavy atom. The second-order valence-corrected chi connectivity index (χ2v) is 4.62. The van der Waals surface area contributed by atoms with Gasteiger partial charge in [-0.25, -0.2) is 0 Å². The van der Waals surface area contributed by atoms with Gasteiger partial charge in [0.05, 0.1) is 5.41 Å². The Balaban J connectivity index is 2.49. The molecule has 1 heterocycles. The lowest BCUT2D eigenvalue weighted by molar-refractivity contribution is -0.131. The Hall–Kier alpha value is -0.570. The number of hydrogen-bond donors (Lipinski definition) is 2. The van der Waals surface area contributed by atoms with Crippen molar-refractivity contribution in [1.29, 1.82) is 0 Å². The minimum absolute atomic E-state index is 0.193. The summed E-state index contributed by atoms with van der Waals surface area (Å²) in [6.07, 6.45) is 3.10. The van der Waals surface area contributed by atoms with E-state index in [1.165, 1.54) is 0 Å². The summed E-state index contributed by atoms with van der Waals surface area (Å²) in [6.45, 7) is 8.06.